The van der Waals surface area contributed by atoms with Crippen molar-refractivity contribution in [2.45, 2.75) is 59.8 Å². The van der Waals surface area contributed by atoms with Crippen molar-refractivity contribution in [3.05, 3.63) is 16.0 Å². The van der Waals surface area contributed by atoms with Gasteiger partial charge < -0.3 is 5.73 Å². The Morgan fingerprint density at radius 2 is 1.88 bits per heavy atom. The van der Waals surface area contributed by atoms with E-state index >= 15 is 0 Å². The molecule has 0 aromatic carbocycles. The monoisotopic (exact) mass is 252 g/mol. The Kier molecular flexibility index (Phi) is 7.65. The SMILES string of the molecule is CC.CC.C[C@H]1CCCc2sc(N)c(C#N)c21. The van der Waals surface area contributed by atoms with E-state index in [9.17, 15) is 0 Å². The molecule has 3 heteroatoms. The molecule has 0 aliphatic heterocycles. The third-order valence-corrected chi connectivity index (χ3v) is 3.79. The number of aryl methyl sites for hydroxylation is 1. The quantitative estimate of drug-likeness (QED) is 0.728. The van der Waals surface area contributed by atoms with Crippen LogP contribution in [0.1, 0.15) is 69.4 Å². The lowest BCUT2D eigenvalue weighted by atomic mass is 9.87. The van der Waals surface area contributed by atoms with Crippen LogP contribution in [0.3, 0.4) is 0 Å². The van der Waals surface area contributed by atoms with Crippen LogP contribution in [0.2, 0.25) is 0 Å². The fourth-order valence-corrected chi connectivity index (χ4v) is 3.23. The standard InChI is InChI=1S/C10H12N2S.2C2H6/c1-6-3-2-4-8-9(6)7(5-11)10(12)13-8;2*1-2/h6H,2-4,12H2,1H3;2*1-2H3/t6-;;/m0../s1. The van der Waals surface area contributed by atoms with Gasteiger partial charge >= 0.3 is 0 Å². The number of nitriles is 1. The van der Waals surface area contributed by atoms with Crippen molar-refractivity contribution in [3.63, 3.8) is 0 Å². The van der Waals surface area contributed by atoms with Crippen molar-refractivity contribution in [2.24, 2.45) is 0 Å². The Morgan fingerprint density at radius 3 is 2.41 bits per heavy atom. The highest BCUT2D eigenvalue weighted by atomic mass is 32.1. The van der Waals surface area contributed by atoms with Gasteiger partial charge in [-0.3, -0.25) is 0 Å². The second-order valence-electron chi connectivity index (χ2n) is 3.58. The van der Waals surface area contributed by atoms with Crippen molar-refractivity contribution in [2.75, 3.05) is 5.73 Å². The van der Waals surface area contributed by atoms with Crippen LogP contribution in [0.25, 0.3) is 0 Å². The number of nitrogens with zero attached hydrogens (tertiary/aromatic N) is 1. The molecule has 0 unspecified atom stereocenters. The predicted molar refractivity (Wildman–Crippen MR) is 77.5 cm³/mol. The van der Waals surface area contributed by atoms with Gasteiger partial charge in [0.05, 0.1) is 5.56 Å². The number of fused-ring (bicyclic) bond motifs is 1. The normalized spacial score (nSPS) is 16.6. The number of hydrogen-bond acceptors (Lipinski definition) is 3. The second-order valence-corrected chi connectivity index (χ2v) is 4.72. The number of anilines is 1. The Labute approximate surface area is 109 Å². The fourth-order valence-electron chi connectivity index (χ4n) is 2.05. The maximum Gasteiger partial charge on any atom is 0.104 e. The van der Waals surface area contributed by atoms with Crippen LogP contribution in [0, 0.1) is 11.3 Å². The Balaban J connectivity index is 0.000000581. The van der Waals surface area contributed by atoms with Gasteiger partial charge in [0.15, 0.2) is 0 Å². The predicted octanol–water partition coefficient (Wildman–Crippen LogP) is 4.69. The average Bonchev–Trinajstić information content (AvgIpc) is 2.71. The Morgan fingerprint density at radius 1 is 1.29 bits per heavy atom. The van der Waals surface area contributed by atoms with Crippen LogP contribution in [-0.4, -0.2) is 0 Å². The Hall–Kier alpha value is -1.01. The summed E-state index contributed by atoms with van der Waals surface area (Å²) >= 11 is 1.60. The van der Waals surface area contributed by atoms with E-state index < -0.39 is 0 Å². The molecule has 17 heavy (non-hydrogen) atoms. The lowest BCUT2D eigenvalue weighted by Crippen LogP contribution is -2.05. The number of nitrogen functional groups attached to an aromatic ring is 1. The topological polar surface area (TPSA) is 49.8 Å². The number of rotatable bonds is 0. The molecule has 1 aliphatic carbocycles. The summed E-state index contributed by atoms with van der Waals surface area (Å²) in [6.07, 6.45) is 3.53. The van der Waals surface area contributed by atoms with Crippen LogP contribution in [0.4, 0.5) is 5.00 Å². The lowest BCUT2D eigenvalue weighted by molar-refractivity contribution is 0.597. The van der Waals surface area contributed by atoms with Crippen LogP contribution in [0.15, 0.2) is 0 Å². The summed E-state index contributed by atoms with van der Waals surface area (Å²) in [4.78, 5) is 1.34. The molecule has 2 rings (SSSR count). The first kappa shape index (κ1) is 16.0. The molecule has 1 aliphatic rings. The van der Waals surface area contributed by atoms with Gasteiger partial charge in [0.1, 0.15) is 11.1 Å². The molecular formula is C14H24N2S. The van der Waals surface area contributed by atoms with E-state index in [0.29, 0.717) is 10.9 Å². The summed E-state index contributed by atoms with van der Waals surface area (Å²) in [6, 6.07) is 2.22. The summed E-state index contributed by atoms with van der Waals surface area (Å²) in [5, 5.41) is 9.67. The van der Waals surface area contributed by atoms with Crippen molar-refractivity contribution >= 4 is 16.3 Å². The largest absolute Gasteiger partial charge is 0.389 e. The highest BCUT2D eigenvalue weighted by Crippen LogP contribution is 2.41. The zero-order valence-corrected chi connectivity index (χ0v) is 12.4. The molecule has 0 fully saturated rings. The Bertz CT molecular complexity index is 374. The van der Waals surface area contributed by atoms with E-state index in [2.05, 4.69) is 13.0 Å². The molecular weight excluding hydrogens is 228 g/mol. The second kappa shape index (κ2) is 8.14. The molecule has 1 aromatic heterocycles. The molecule has 0 saturated heterocycles. The van der Waals surface area contributed by atoms with E-state index in [1.165, 1.54) is 23.3 Å². The van der Waals surface area contributed by atoms with Crippen LogP contribution < -0.4 is 5.73 Å². The maximum atomic E-state index is 8.96. The van der Waals surface area contributed by atoms with Gasteiger partial charge in [0.25, 0.3) is 0 Å². The maximum absolute atomic E-state index is 8.96. The molecule has 2 N–H and O–H groups in total. The minimum absolute atomic E-state index is 0.520. The van der Waals surface area contributed by atoms with Crippen molar-refractivity contribution in [1.29, 1.82) is 5.26 Å². The van der Waals surface area contributed by atoms with Gasteiger partial charge in [0.2, 0.25) is 0 Å². The van der Waals surface area contributed by atoms with E-state index in [1.807, 2.05) is 27.7 Å². The van der Waals surface area contributed by atoms with Gasteiger partial charge in [-0.25, -0.2) is 0 Å². The van der Waals surface area contributed by atoms with Gasteiger partial charge in [0, 0.05) is 4.88 Å². The molecule has 1 atom stereocenters. The van der Waals surface area contributed by atoms with Crippen molar-refractivity contribution in [1.82, 2.24) is 0 Å². The van der Waals surface area contributed by atoms with Crippen molar-refractivity contribution < 1.29 is 0 Å². The van der Waals surface area contributed by atoms with Crippen molar-refractivity contribution in [3.8, 4) is 6.07 Å². The van der Waals surface area contributed by atoms with Crippen LogP contribution >= 0.6 is 11.3 Å². The molecule has 2 nitrogen and oxygen atoms in total. The molecule has 96 valence electrons. The number of hydrogen-bond donors (Lipinski definition) is 1. The minimum atomic E-state index is 0.520. The fraction of sp³-hybridized carbons (Fsp3) is 0.643. The number of thiophene rings is 1. The molecule has 0 saturated carbocycles. The minimum Gasteiger partial charge on any atom is -0.389 e. The molecule has 0 bridgehead atoms. The lowest BCUT2D eigenvalue weighted by Gasteiger charge is -2.18. The van der Waals surface area contributed by atoms with Gasteiger partial charge in [-0.1, -0.05) is 34.6 Å². The van der Waals surface area contributed by atoms with Gasteiger partial charge in [-0.05, 0) is 30.7 Å². The first-order valence-corrected chi connectivity index (χ1v) is 7.36. The molecule has 0 amide bonds. The van der Waals surface area contributed by atoms with E-state index in [-0.39, 0.29) is 0 Å². The smallest absolute Gasteiger partial charge is 0.104 e. The first-order valence-electron chi connectivity index (χ1n) is 6.55. The average molecular weight is 252 g/mol. The zero-order valence-electron chi connectivity index (χ0n) is 11.6. The molecule has 0 radical (unpaired) electrons. The van der Waals surface area contributed by atoms with Gasteiger partial charge in [-0.15, -0.1) is 11.3 Å². The summed E-state index contributed by atoms with van der Waals surface area (Å²) in [6.45, 7) is 10.2. The summed E-state index contributed by atoms with van der Waals surface area (Å²) in [5.74, 6) is 0.520. The molecule has 0 spiro atoms. The van der Waals surface area contributed by atoms with Gasteiger partial charge in [-0.2, -0.15) is 5.26 Å². The molecule has 1 heterocycles. The van der Waals surface area contributed by atoms with Crippen LogP contribution in [-0.2, 0) is 6.42 Å². The highest BCUT2D eigenvalue weighted by Gasteiger charge is 2.24. The summed E-state index contributed by atoms with van der Waals surface area (Å²) in [5.41, 5.74) is 7.77. The number of nitrogens with two attached hydrogens (primary N) is 1. The molecule has 1 aromatic rings. The third kappa shape index (κ3) is 3.47. The van der Waals surface area contributed by atoms with E-state index in [1.54, 1.807) is 11.3 Å². The van der Waals surface area contributed by atoms with E-state index in [0.717, 1.165) is 12.0 Å². The van der Waals surface area contributed by atoms with Crippen LogP contribution in [0.5, 0.6) is 0 Å². The zero-order chi connectivity index (χ0) is 13.4. The highest BCUT2D eigenvalue weighted by molar-refractivity contribution is 7.16. The van der Waals surface area contributed by atoms with E-state index in [4.69, 9.17) is 11.0 Å². The first-order chi connectivity index (χ1) is 8.24. The summed E-state index contributed by atoms with van der Waals surface area (Å²) in [7, 11) is 0. The summed E-state index contributed by atoms with van der Waals surface area (Å²) < 4.78 is 0. The third-order valence-electron chi connectivity index (χ3n) is 2.69.